The summed E-state index contributed by atoms with van der Waals surface area (Å²) < 4.78 is 6.89. The summed E-state index contributed by atoms with van der Waals surface area (Å²) in [6, 6.07) is 1.99. The van der Waals surface area contributed by atoms with Gasteiger partial charge in [-0.1, -0.05) is 0 Å². The standard InChI is InChI=1S/C10H11N3OS/c1-3-11-5-7(1)14-10-9-8(2-4-15-9)12-6-13-10/h2,4,6-7,11H,1,3,5H2. The number of aromatic nitrogens is 2. The van der Waals surface area contributed by atoms with E-state index in [4.69, 9.17) is 4.74 Å². The third kappa shape index (κ3) is 1.68. The van der Waals surface area contributed by atoms with E-state index in [-0.39, 0.29) is 6.10 Å². The summed E-state index contributed by atoms with van der Waals surface area (Å²) in [5, 5.41) is 5.28. The van der Waals surface area contributed by atoms with Crippen LogP contribution in [0.1, 0.15) is 6.42 Å². The first-order chi connectivity index (χ1) is 7.43. The minimum atomic E-state index is 0.255. The van der Waals surface area contributed by atoms with Crippen molar-refractivity contribution < 1.29 is 4.74 Å². The van der Waals surface area contributed by atoms with E-state index in [1.165, 1.54) is 0 Å². The Morgan fingerprint density at radius 1 is 1.47 bits per heavy atom. The topological polar surface area (TPSA) is 47.0 Å². The third-order valence-electron chi connectivity index (χ3n) is 2.50. The van der Waals surface area contributed by atoms with E-state index in [9.17, 15) is 0 Å². The fourth-order valence-electron chi connectivity index (χ4n) is 1.74. The molecule has 0 bridgehead atoms. The molecule has 3 heterocycles. The number of rotatable bonds is 2. The second kappa shape index (κ2) is 3.75. The predicted molar refractivity (Wildman–Crippen MR) is 59.3 cm³/mol. The molecular formula is C10H11N3OS. The van der Waals surface area contributed by atoms with Crippen LogP contribution < -0.4 is 10.1 Å². The zero-order valence-electron chi connectivity index (χ0n) is 8.14. The van der Waals surface area contributed by atoms with Crippen molar-refractivity contribution in [2.45, 2.75) is 12.5 Å². The maximum Gasteiger partial charge on any atom is 0.235 e. The molecule has 15 heavy (non-hydrogen) atoms. The van der Waals surface area contributed by atoms with Crippen LogP contribution in [0, 0.1) is 0 Å². The first-order valence-corrected chi connectivity index (χ1v) is 5.87. The van der Waals surface area contributed by atoms with Gasteiger partial charge < -0.3 is 10.1 Å². The van der Waals surface area contributed by atoms with Gasteiger partial charge in [-0.3, -0.25) is 0 Å². The highest BCUT2D eigenvalue weighted by Crippen LogP contribution is 2.27. The van der Waals surface area contributed by atoms with Gasteiger partial charge in [-0.05, 0) is 24.4 Å². The van der Waals surface area contributed by atoms with E-state index in [1.54, 1.807) is 17.7 Å². The average molecular weight is 221 g/mol. The molecular weight excluding hydrogens is 210 g/mol. The molecule has 1 saturated heterocycles. The lowest BCUT2D eigenvalue weighted by molar-refractivity contribution is 0.217. The van der Waals surface area contributed by atoms with Gasteiger partial charge >= 0.3 is 0 Å². The fraction of sp³-hybridized carbons (Fsp3) is 0.400. The minimum Gasteiger partial charge on any atom is -0.472 e. The van der Waals surface area contributed by atoms with Gasteiger partial charge in [0.25, 0.3) is 0 Å². The van der Waals surface area contributed by atoms with Crippen molar-refractivity contribution >= 4 is 21.6 Å². The Labute approximate surface area is 91.3 Å². The normalized spacial score (nSPS) is 20.9. The van der Waals surface area contributed by atoms with E-state index in [0.29, 0.717) is 0 Å². The largest absolute Gasteiger partial charge is 0.472 e. The van der Waals surface area contributed by atoms with Crippen molar-refractivity contribution in [1.82, 2.24) is 15.3 Å². The van der Waals surface area contributed by atoms with E-state index in [0.717, 1.165) is 35.6 Å². The Kier molecular flexibility index (Phi) is 2.26. The van der Waals surface area contributed by atoms with Crippen LogP contribution in [-0.2, 0) is 0 Å². The lowest BCUT2D eigenvalue weighted by Crippen LogP contribution is -2.20. The monoisotopic (exact) mass is 221 g/mol. The second-order valence-electron chi connectivity index (χ2n) is 3.55. The van der Waals surface area contributed by atoms with E-state index < -0.39 is 0 Å². The molecule has 1 aliphatic heterocycles. The number of fused-ring (bicyclic) bond motifs is 1. The van der Waals surface area contributed by atoms with Crippen LogP contribution in [0.3, 0.4) is 0 Å². The zero-order valence-corrected chi connectivity index (χ0v) is 8.96. The summed E-state index contributed by atoms with van der Waals surface area (Å²) in [5.74, 6) is 0.726. The lowest BCUT2D eigenvalue weighted by Gasteiger charge is -2.11. The van der Waals surface area contributed by atoms with E-state index in [1.807, 2.05) is 11.4 Å². The van der Waals surface area contributed by atoms with Gasteiger partial charge in [0.15, 0.2) is 0 Å². The quantitative estimate of drug-likeness (QED) is 0.833. The summed E-state index contributed by atoms with van der Waals surface area (Å²) in [6.45, 7) is 1.94. The first-order valence-electron chi connectivity index (χ1n) is 4.99. The van der Waals surface area contributed by atoms with Crippen molar-refractivity contribution in [2.75, 3.05) is 13.1 Å². The number of thiophene rings is 1. The van der Waals surface area contributed by atoms with Crippen LogP contribution in [0.25, 0.3) is 10.2 Å². The summed E-state index contributed by atoms with van der Waals surface area (Å²) in [5.41, 5.74) is 0.968. The minimum absolute atomic E-state index is 0.255. The SMILES string of the molecule is c1nc(OC2CCNC2)c2sccc2n1. The van der Waals surface area contributed by atoms with Crippen LogP contribution >= 0.6 is 11.3 Å². The van der Waals surface area contributed by atoms with Crippen molar-refractivity contribution in [2.24, 2.45) is 0 Å². The number of nitrogens with zero attached hydrogens (tertiary/aromatic N) is 2. The molecule has 0 spiro atoms. The number of ether oxygens (including phenoxy) is 1. The molecule has 1 aliphatic rings. The number of hydrogen-bond donors (Lipinski definition) is 1. The zero-order chi connectivity index (χ0) is 10.1. The van der Waals surface area contributed by atoms with Gasteiger partial charge in [-0.15, -0.1) is 11.3 Å². The molecule has 1 fully saturated rings. The van der Waals surface area contributed by atoms with Crippen LogP contribution in [0.2, 0.25) is 0 Å². The Morgan fingerprint density at radius 2 is 2.47 bits per heavy atom. The molecule has 0 saturated carbocycles. The Morgan fingerprint density at radius 3 is 3.33 bits per heavy atom. The first kappa shape index (κ1) is 9.06. The summed E-state index contributed by atoms with van der Waals surface area (Å²) >= 11 is 1.63. The molecule has 5 heteroatoms. The van der Waals surface area contributed by atoms with Crippen LogP contribution in [-0.4, -0.2) is 29.2 Å². The number of nitrogens with one attached hydrogen (secondary N) is 1. The Hall–Kier alpha value is -1.20. The van der Waals surface area contributed by atoms with Gasteiger partial charge in [0, 0.05) is 6.54 Å². The molecule has 2 aromatic rings. The molecule has 0 radical (unpaired) electrons. The van der Waals surface area contributed by atoms with Crippen molar-refractivity contribution in [3.05, 3.63) is 17.8 Å². The fourth-order valence-corrected chi connectivity index (χ4v) is 2.51. The molecule has 3 rings (SSSR count). The average Bonchev–Trinajstić information content (AvgIpc) is 2.87. The molecule has 2 aromatic heterocycles. The van der Waals surface area contributed by atoms with Crippen LogP contribution in [0.4, 0.5) is 0 Å². The summed E-state index contributed by atoms with van der Waals surface area (Å²) in [6.07, 6.45) is 2.87. The highest BCUT2D eigenvalue weighted by atomic mass is 32.1. The van der Waals surface area contributed by atoms with E-state index in [2.05, 4.69) is 15.3 Å². The van der Waals surface area contributed by atoms with Gasteiger partial charge in [0.05, 0.1) is 5.52 Å². The molecule has 78 valence electrons. The molecule has 0 amide bonds. The predicted octanol–water partition coefficient (Wildman–Crippen LogP) is 1.43. The molecule has 1 N–H and O–H groups in total. The highest BCUT2D eigenvalue weighted by Gasteiger charge is 2.18. The van der Waals surface area contributed by atoms with Gasteiger partial charge in [-0.2, -0.15) is 0 Å². The Balaban J connectivity index is 1.92. The van der Waals surface area contributed by atoms with Crippen LogP contribution in [0.15, 0.2) is 17.8 Å². The van der Waals surface area contributed by atoms with Gasteiger partial charge in [-0.25, -0.2) is 9.97 Å². The van der Waals surface area contributed by atoms with Crippen LogP contribution in [0.5, 0.6) is 5.88 Å². The van der Waals surface area contributed by atoms with Gasteiger partial charge in [0.2, 0.25) is 5.88 Å². The molecule has 0 aromatic carbocycles. The summed E-state index contributed by atoms with van der Waals surface area (Å²) in [4.78, 5) is 8.37. The number of hydrogen-bond acceptors (Lipinski definition) is 5. The van der Waals surface area contributed by atoms with Crippen molar-refractivity contribution in [3.63, 3.8) is 0 Å². The van der Waals surface area contributed by atoms with E-state index >= 15 is 0 Å². The van der Waals surface area contributed by atoms with Crippen molar-refractivity contribution in [1.29, 1.82) is 0 Å². The third-order valence-corrected chi connectivity index (χ3v) is 3.40. The van der Waals surface area contributed by atoms with Crippen molar-refractivity contribution in [3.8, 4) is 5.88 Å². The summed E-state index contributed by atoms with van der Waals surface area (Å²) in [7, 11) is 0. The maximum atomic E-state index is 5.84. The second-order valence-corrected chi connectivity index (χ2v) is 4.46. The molecule has 1 atom stereocenters. The highest BCUT2D eigenvalue weighted by molar-refractivity contribution is 7.17. The Bertz CT molecular complexity index is 464. The van der Waals surface area contributed by atoms with Gasteiger partial charge in [0.1, 0.15) is 17.1 Å². The lowest BCUT2D eigenvalue weighted by atomic mass is 10.3. The maximum absolute atomic E-state index is 5.84. The molecule has 4 nitrogen and oxygen atoms in total. The molecule has 0 aliphatic carbocycles. The molecule has 1 unspecified atom stereocenters. The smallest absolute Gasteiger partial charge is 0.235 e.